The summed E-state index contributed by atoms with van der Waals surface area (Å²) in [6.07, 6.45) is 5.34. The molecule has 7 nitrogen and oxygen atoms in total. The molecule has 0 unspecified atom stereocenters. The summed E-state index contributed by atoms with van der Waals surface area (Å²) in [4.78, 5) is 25.8. The van der Waals surface area contributed by atoms with Gasteiger partial charge in [0, 0.05) is 30.1 Å². The van der Waals surface area contributed by atoms with Gasteiger partial charge in [0.25, 0.3) is 5.91 Å². The zero-order valence-electron chi connectivity index (χ0n) is 19.5. The second-order valence-corrected chi connectivity index (χ2v) is 9.05. The van der Waals surface area contributed by atoms with Crippen molar-refractivity contribution in [3.05, 3.63) is 64.7 Å². The van der Waals surface area contributed by atoms with E-state index in [9.17, 15) is 9.18 Å². The Morgan fingerprint density at radius 2 is 1.94 bits per heavy atom. The highest BCUT2D eigenvalue weighted by Crippen LogP contribution is 2.35. The van der Waals surface area contributed by atoms with Crippen LogP contribution in [0.4, 0.5) is 10.1 Å². The first kappa shape index (κ1) is 23.5. The lowest BCUT2D eigenvalue weighted by Crippen LogP contribution is -2.33. The quantitative estimate of drug-likeness (QED) is 0.460. The van der Waals surface area contributed by atoms with E-state index in [-0.39, 0.29) is 28.0 Å². The van der Waals surface area contributed by atoms with E-state index in [1.165, 1.54) is 31.4 Å². The summed E-state index contributed by atoms with van der Waals surface area (Å²) in [5.41, 5.74) is 1.72. The standard InChI is InChI=1S/C26H26ClFN4O3/c1-34-22-14-18(8-9-21(22)35-13-12-31-10-3-2-4-11-31)32-16-17-15-29-25(30-24(17)26(32)33)19-6-5-7-20(27)23(19)28/h5-9,14-15H,2-4,10-13,16H2,1H3. The first-order valence-electron chi connectivity index (χ1n) is 11.7. The average molecular weight is 497 g/mol. The molecule has 35 heavy (non-hydrogen) atoms. The van der Waals surface area contributed by atoms with Crippen LogP contribution in [-0.2, 0) is 6.54 Å². The van der Waals surface area contributed by atoms with Gasteiger partial charge < -0.3 is 14.4 Å². The number of piperidine rings is 1. The number of methoxy groups -OCH3 is 1. The number of carbonyl (C=O) groups is 1. The molecule has 0 bridgehead atoms. The Morgan fingerprint density at radius 1 is 1.11 bits per heavy atom. The molecule has 5 rings (SSSR count). The van der Waals surface area contributed by atoms with Crippen molar-refractivity contribution in [2.24, 2.45) is 0 Å². The summed E-state index contributed by atoms with van der Waals surface area (Å²) in [5.74, 6) is 0.409. The molecule has 1 saturated heterocycles. The maximum absolute atomic E-state index is 14.5. The SMILES string of the molecule is COc1cc(N2Cc3cnc(-c4cccc(Cl)c4F)nc3C2=O)ccc1OCCN1CCCCC1. The van der Waals surface area contributed by atoms with E-state index in [2.05, 4.69) is 14.9 Å². The summed E-state index contributed by atoms with van der Waals surface area (Å²) < 4.78 is 26.0. The molecule has 0 radical (unpaired) electrons. The number of benzene rings is 2. The van der Waals surface area contributed by atoms with Gasteiger partial charge in [0.05, 0.1) is 24.2 Å². The highest BCUT2D eigenvalue weighted by atomic mass is 35.5. The smallest absolute Gasteiger partial charge is 0.277 e. The van der Waals surface area contributed by atoms with Gasteiger partial charge in [-0.15, -0.1) is 0 Å². The third kappa shape index (κ3) is 4.81. The number of carbonyl (C=O) groups excluding carboxylic acids is 1. The van der Waals surface area contributed by atoms with Gasteiger partial charge >= 0.3 is 0 Å². The van der Waals surface area contributed by atoms with Crippen molar-refractivity contribution in [3.8, 4) is 22.9 Å². The Bertz CT molecular complexity index is 1250. The molecule has 0 saturated carbocycles. The van der Waals surface area contributed by atoms with Crippen LogP contribution in [0, 0.1) is 5.82 Å². The highest BCUT2D eigenvalue weighted by Gasteiger charge is 2.32. The number of nitrogens with zero attached hydrogens (tertiary/aromatic N) is 4. The average Bonchev–Trinajstić information content (AvgIpc) is 3.22. The molecule has 1 amide bonds. The van der Waals surface area contributed by atoms with Crippen LogP contribution in [0.5, 0.6) is 11.5 Å². The van der Waals surface area contributed by atoms with Crippen molar-refractivity contribution in [2.45, 2.75) is 25.8 Å². The predicted molar refractivity (Wildman–Crippen MR) is 132 cm³/mol. The largest absolute Gasteiger partial charge is 0.493 e. The van der Waals surface area contributed by atoms with Crippen molar-refractivity contribution in [1.82, 2.24) is 14.9 Å². The molecule has 3 heterocycles. The molecule has 2 aliphatic rings. The van der Waals surface area contributed by atoms with Gasteiger partial charge in [0.15, 0.2) is 23.1 Å². The van der Waals surface area contributed by atoms with Gasteiger partial charge in [0.2, 0.25) is 0 Å². The fourth-order valence-corrected chi connectivity index (χ4v) is 4.68. The third-order valence-corrected chi connectivity index (χ3v) is 6.70. The topological polar surface area (TPSA) is 67.8 Å². The minimum absolute atomic E-state index is 0.0233. The Labute approximate surface area is 208 Å². The van der Waals surface area contributed by atoms with Crippen LogP contribution in [0.15, 0.2) is 42.6 Å². The zero-order valence-corrected chi connectivity index (χ0v) is 20.2. The number of aromatic nitrogens is 2. The predicted octanol–water partition coefficient (Wildman–Crippen LogP) is 4.97. The van der Waals surface area contributed by atoms with E-state index in [1.54, 1.807) is 30.3 Å². The zero-order chi connectivity index (χ0) is 24.4. The molecule has 9 heteroatoms. The molecule has 0 aliphatic carbocycles. The number of fused-ring (bicyclic) bond motifs is 1. The molecule has 182 valence electrons. The first-order valence-corrected chi connectivity index (χ1v) is 12.1. The van der Waals surface area contributed by atoms with Crippen molar-refractivity contribution < 1.29 is 18.7 Å². The lowest BCUT2D eigenvalue weighted by molar-refractivity contribution is 0.0992. The normalized spacial score (nSPS) is 15.9. The number of ether oxygens (including phenoxy) is 2. The summed E-state index contributed by atoms with van der Waals surface area (Å²) >= 11 is 5.90. The van der Waals surface area contributed by atoms with Gasteiger partial charge in [0.1, 0.15) is 12.3 Å². The van der Waals surface area contributed by atoms with Gasteiger partial charge in [-0.25, -0.2) is 14.4 Å². The summed E-state index contributed by atoms with van der Waals surface area (Å²) in [6.45, 7) is 3.99. The van der Waals surface area contributed by atoms with Crippen LogP contribution >= 0.6 is 11.6 Å². The van der Waals surface area contributed by atoms with Crippen molar-refractivity contribution >= 4 is 23.2 Å². The van der Waals surface area contributed by atoms with E-state index in [0.717, 1.165) is 19.6 Å². The molecule has 1 aromatic heterocycles. The van der Waals surface area contributed by atoms with E-state index in [0.29, 0.717) is 35.9 Å². The van der Waals surface area contributed by atoms with Crippen LogP contribution in [0.2, 0.25) is 5.02 Å². The van der Waals surface area contributed by atoms with Crippen LogP contribution in [0.1, 0.15) is 35.3 Å². The summed E-state index contributed by atoms with van der Waals surface area (Å²) in [6, 6.07) is 10.0. The molecule has 0 N–H and O–H groups in total. The molecule has 1 fully saturated rings. The maximum atomic E-state index is 14.5. The van der Waals surface area contributed by atoms with E-state index >= 15 is 0 Å². The molecule has 0 spiro atoms. The molecule has 2 aliphatic heterocycles. The number of rotatable bonds is 7. The van der Waals surface area contributed by atoms with E-state index < -0.39 is 5.82 Å². The fraction of sp³-hybridized carbons (Fsp3) is 0.346. The van der Waals surface area contributed by atoms with Crippen molar-refractivity contribution in [1.29, 1.82) is 0 Å². The lowest BCUT2D eigenvalue weighted by atomic mass is 10.1. The fourth-order valence-electron chi connectivity index (χ4n) is 4.50. The Kier molecular flexibility index (Phi) is 6.83. The second-order valence-electron chi connectivity index (χ2n) is 8.65. The Hall–Kier alpha value is -3.23. The third-order valence-electron chi connectivity index (χ3n) is 6.41. The minimum atomic E-state index is -0.614. The molecular formula is C26H26ClFN4O3. The second kappa shape index (κ2) is 10.2. The molecular weight excluding hydrogens is 471 g/mol. The number of hydrogen-bond acceptors (Lipinski definition) is 6. The van der Waals surface area contributed by atoms with Crippen LogP contribution < -0.4 is 14.4 Å². The van der Waals surface area contributed by atoms with E-state index in [1.807, 2.05) is 12.1 Å². The first-order chi connectivity index (χ1) is 17.0. The Morgan fingerprint density at radius 3 is 2.74 bits per heavy atom. The van der Waals surface area contributed by atoms with Crippen LogP contribution in [-0.4, -0.2) is 54.1 Å². The van der Waals surface area contributed by atoms with Crippen molar-refractivity contribution in [2.75, 3.05) is 38.3 Å². The van der Waals surface area contributed by atoms with Crippen LogP contribution in [0.3, 0.4) is 0 Å². The number of anilines is 1. The van der Waals surface area contributed by atoms with Gasteiger partial charge in [-0.05, 0) is 50.2 Å². The maximum Gasteiger partial charge on any atom is 0.277 e. The van der Waals surface area contributed by atoms with Crippen molar-refractivity contribution in [3.63, 3.8) is 0 Å². The van der Waals surface area contributed by atoms with E-state index in [4.69, 9.17) is 21.1 Å². The molecule has 2 aromatic carbocycles. The Balaban J connectivity index is 1.32. The molecule has 0 atom stereocenters. The number of halogens is 2. The monoisotopic (exact) mass is 496 g/mol. The highest BCUT2D eigenvalue weighted by molar-refractivity contribution is 6.31. The number of hydrogen-bond donors (Lipinski definition) is 0. The minimum Gasteiger partial charge on any atom is -0.493 e. The molecule has 3 aromatic rings. The van der Waals surface area contributed by atoms with Crippen LogP contribution in [0.25, 0.3) is 11.4 Å². The summed E-state index contributed by atoms with van der Waals surface area (Å²) in [7, 11) is 1.58. The van der Waals surface area contributed by atoms with Gasteiger partial charge in [-0.1, -0.05) is 24.1 Å². The van der Waals surface area contributed by atoms with Gasteiger partial charge in [-0.2, -0.15) is 0 Å². The lowest BCUT2D eigenvalue weighted by Gasteiger charge is -2.26. The van der Waals surface area contributed by atoms with Gasteiger partial charge in [-0.3, -0.25) is 9.69 Å². The summed E-state index contributed by atoms with van der Waals surface area (Å²) in [5, 5.41) is -0.0233. The number of likely N-dealkylation sites (tertiary alicyclic amines) is 1. The number of amides is 1.